The number of aromatic nitrogens is 2. The van der Waals surface area contributed by atoms with E-state index in [2.05, 4.69) is 15.1 Å². The van der Waals surface area contributed by atoms with Crippen molar-refractivity contribution in [2.24, 2.45) is 0 Å². The zero-order chi connectivity index (χ0) is 25.1. The molecule has 0 spiro atoms. The van der Waals surface area contributed by atoms with Crippen LogP contribution in [0.5, 0.6) is 5.75 Å². The first-order valence-corrected chi connectivity index (χ1v) is 13.5. The lowest BCUT2D eigenvalue weighted by molar-refractivity contribution is 0.0746. The Kier molecular flexibility index (Phi) is 6.88. The highest BCUT2D eigenvalue weighted by atomic mass is 32.2. The van der Waals surface area contributed by atoms with Crippen molar-refractivity contribution in [3.8, 4) is 17.0 Å². The van der Waals surface area contributed by atoms with E-state index in [-0.39, 0.29) is 10.8 Å². The summed E-state index contributed by atoms with van der Waals surface area (Å²) in [5, 5.41) is 8.77. The molecule has 3 aromatic rings. The molecule has 0 unspecified atom stereocenters. The average Bonchev–Trinajstić information content (AvgIpc) is 3.49. The zero-order valence-corrected chi connectivity index (χ0v) is 21.0. The standard InChI is InChI=1S/C26H29N5O4S/c1-35-22-8-4-20(5-9-22)24-12-13-25(28-27-24)29-16-18-30(19-17-29)26(32)21-6-10-23(11-7-21)36(33,34)31-14-2-3-15-31/h4-13H,2-3,14-19H2,1H3. The number of hydrogen-bond acceptors (Lipinski definition) is 7. The van der Waals surface area contributed by atoms with Gasteiger partial charge in [-0.25, -0.2) is 8.42 Å². The molecule has 188 valence electrons. The van der Waals surface area contributed by atoms with Crippen molar-refractivity contribution in [2.45, 2.75) is 17.7 Å². The van der Waals surface area contributed by atoms with E-state index in [0.29, 0.717) is 44.8 Å². The molecule has 0 radical (unpaired) electrons. The van der Waals surface area contributed by atoms with E-state index in [4.69, 9.17) is 4.74 Å². The van der Waals surface area contributed by atoms with Crippen LogP contribution in [0, 0.1) is 0 Å². The summed E-state index contributed by atoms with van der Waals surface area (Å²) >= 11 is 0. The van der Waals surface area contributed by atoms with Crippen molar-refractivity contribution in [3.63, 3.8) is 0 Å². The Morgan fingerprint density at radius 2 is 1.47 bits per heavy atom. The molecule has 1 amide bonds. The van der Waals surface area contributed by atoms with Gasteiger partial charge in [-0.05, 0) is 73.5 Å². The third-order valence-electron chi connectivity index (χ3n) is 6.73. The first-order chi connectivity index (χ1) is 17.5. The number of hydrogen-bond donors (Lipinski definition) is 0. The normalized spacial score (nSPS) is 16.8. The fourth-order valence-corrected chi connectivity index (χ4v) is 6.09. The fourth-order valence-electron chi connectivity index (χ4n) is 4.58. The number of amides is 1. The summed E-state index contributed by atoms with van der Waals surface area (Å²) in [6.45, 7) is 3.50. The van der Waals surface area contributed by atoms with Gasteiger partial charge in [0.05, 0.1) is 17.7 Å². The molecule has 3 heterocycles. The van der Waals surface area contributed by atoms with Crippen LogP contribution in [-0.4, -0.2) is 80.1 Å². The van der Waals surface area contributed by atoms with Gasteiger partial charge < -0.3 is 14.5 Å². The molecule has 5 rings (SSSR count). The number of nitrogens with zero attached hydrogens (tertiary/aromatic N) is 5. The summed E-state index contributed by atoms with van der Waals surface area (Å²) in [6, 6.07) is 17.9. The number of piperazine rings is 1. The zero-order valence-electron chi connectivity index (χ0n) is 20.2. The van der Waals surface area contributed by atoms with E-state index in [1.54, 1.807) is 24.1 Å². The highest BCUT2D eigenvalue weighted by Gasteiger charge is 2.28. The molecule has 1 aromatic heterocycles. The molecule has 0 atom stereocenters. The van der Waals surface area contributed by atoms with E-state index in [1.165, 1.54) is 16.4 Å². The summed E-state index contributed by atoms with van der Waals surface area (Å²) in [5.41, 5.74) is 2.24. The molecular formula is C26H29N5O4S. The van der Waals surface area contributed by atoms with E-state index in [9.17, 15) is 13.2 Å². The van der Waals surface area contributed by atoms with Crippen LogP contribution in [0.3, 0.4) is 0 Å². The lowest BCUT2D eigenvalue weighted by Crippen LogP contribution is -2.49. The van der Waals surface area contributed by atoms with Crippen LogP contribution in [0.2, 0.25) is 0 Å². The minimum absolute atomic E-state index is 0.0966. The molecule has 2 aromatic carbocycles. The maximum Gasteiger partial charge on any atom is 0.253 e. The van der Waals surface area contributed by atoms with Crippen LogP contribution in [0.15, 0.2) is 65.6 Å². The van der Waals surface area contributed by atoms with E-state index >= 15 is 0 Å². The largest absolute Gasteiger partial charge is 0.497 e. The number of methoxy groups -OCH3 is 1. The minimum atomic E-state index is -3.48. The summed E-state index contributed by atoms with van der Waals surface area (Å²) in [4.78, 5) is 17.2. The quantitative estimate of drug-likeness (QED) is 0.506. The second-order valence-electron chi connectivity index (χ2n) is 8.92. The lowest BCUT2D eigenvalue weighted by Gasteiger charge is -2.35. The van der Waals surface area contributed by atoms with Crippen LogP contribution in [0.4, 0.5) is 5.82 Å². The van der Waals surface area contributed by atoms with Gasteiger partial charge in [-0.2, -0.15) is 4.31 Å². The number of anilines is 1. The molecular weight excluding hydrogens is 478 g/mol. The monoisotopic (exact) mass is 507 g/mol. The Morgan fingerprint density at radius 3 is 2.06 bits per heavy atom. The number of carbonyl (C=O) groups is 1. The SMILES string of the molecule is COc1ccc(-c2ccc(N3CCN(C(=O)c4ccc(S(=O)(=O)N5CCCC5)cc4)CC3)nn2)cc1. The van der Waals surface area contributed by atoms with Gasteiger partial charge in [-0.15, -0.1) is 10.2 Å². The van der Waals surface area contributed by atoms with E-state index in [0.717, 1.165) is 35.7 Å². The number of carbonyl (C=O) groups excluding carboxylic acids is 1. The van der Waals surface area contributed by atoms with Gasteiger partial charge in [0.2, 0.25) is 10.0 Å². The maximum atomic E-state index is 13.0. The summed E-state index contributed by atoms with van der Waals surface area (Å²) in [5.74, 6) is 1.47. The average molecular weight is 508 g/mol. The van der Waals surface area contributed by atoms with Gasteiger partial charge in [-0.3, -0.25) is 4.79 Å². The second-order valence-corrected chi connectivity index (χ2v) is 10.9. The van der Waals surface area contributed by atoms with Crippen molar-refractivity contribution < 1.29 is 17.9 Å². The van der Waals surface area contributed by atoms with Gasteiger partial charge >= 0.3 is 0 Å². The topological polar surface area (TPSA) is 95.9 Å². The van der Waals surface area contributed by atoms with Gasteiger partial charge in [-0.1, -0.05) is 0 Å². The fraction of sp³-hybridized carbons (Fsp3) is 0.346. The molecule has 0 N–H and O–H groups in total. The Labute approximate surface area is 211 Å². The van der Waals surface area contributed by atoms with E-state index in [1.807, 2.05) is 36.4 Å². The molecule has 0 saturated carbocycles. The van der Waals surface area contributed by atoms with Gasteiger partial charge in [0.1, 0.15) is 5.75 Å². The molecule has 2 saturated heterocycles. The molecule has 36 heavy (non-hydrogen) atoms. The molecule has 9 nitrogen and oxygen atoms in total. The molecule has 0 bridgehead atoms. The Hall–Kier alpha value is -3.50. The smallest absolute Gasteiger partial charge is 0.253 e. The first-order valence-electron chi connectivity index (χ1n) is 12.1. The maximum absolute atomic E-state index is 13.0. The van der Waals surface area contributed by atoms with Crippen LogP contribution in [-0.2, 0) is 10.0 Å². The number of ether oxygens (including phenoxy) is 1. The Morgan fingerprint density at radius 1 is 0.806 bits per heavy atom. The molecule has 0 aliphatic carbocycles. The molecule has 2 aliphatic heterocycles. The predicted octanol–water partition coefficient (Wildman–Crippen LogP) is 2.90. The van der Waals surface area contributed by atoms with Crippen molar-refractivity contribution in [2.75, 3.05) is 51.3 Å². The highest BCUT2D eigenvalue weighted by Crippen LogP contribution is 2.23. The van der Waals surface area contributed by atoms with Crippen molar-refractivity contribution in [3.05, 3.63) is 66.2 Å². The van der Waals surface area contributed by atoms with Crippen LogP contribution in [0.25, 0.3) is 11.3 Å². The second kappa shape index (κ2) is 10.2. The molecule has 2 aliphatic rings. The summed E-state index contributed by atoms with van der Waals surface area (Å²) in [7, 11) is -1.85. The van der Waals surface area contributed by atoms with Gasteiger partial charge in [0.25, 0.3) is 5.91 Å². The lowest BCUT2D eigenvalue weighted by atomic mass is 10.1. The van der Waals surface area contributed by atoms with Crippen LogP contribution in [0.1, 0.15) is 23.2 Å². The number of benzene rings is 2. The van der Waals surface area contributed by atoms with E-state index < -0.39 is 10.0 Å². The van der Waals surface area contributed by atoms with Gasteiger partial charge in [0.15, 0.2) is 5.82 Å². The van der Waals surface area contributed by atoms with Crippen LogP contribution < -0.4 is 9.64 Å². The number of rotatable bonds is 6. The van der Waals surface area contributed by atoms with Gasteiger partial charge in [0, 0.05) is 50.4 Å². The van der Waals surface area contributed by atoms with Crippen molar-refractivity contribution in [1.82, 2.24) is 19.4 Å². The van der Waals surface area contributed by atoms with Crippen LogP contribution >= 0.6 is 0 Å². The van der Waals surface area contributed by atoms with Crippen molar-refractivity contribution >= 4 is 21.7 Å². The third kappa shape index (κ3) is 4.91. The third-order valence-corrected chi connectivity index (χ3v) is 8.64. The Balaban J connectivity index is 1.18. The molecule has 10 heteroatoms. The summed E-state index contributed by atoms with van der Waals surface area (Å²) in [6.07, 6.45) is 1.78. The van der Waals surface area contributed by atoms with Crippen molar-refractivity contribution in [1.29, 1.82) is 0 Å². The Bertz CT molecular complexity index is 1300. The first kappa shape index (κ1) is 24.2. The summed E-state index contributed by atoms with van der Waals surface area (Å²) < 4.78 is 32.2. The number of sulfonamides is 1. The molecule has 2 fully saturated rings. The minimum Gasteiger partial charge on any atom is -0.497 e. The predicted molar refractivity (Wildman–Crippen MR) is 137 cm³/mol. The highest BCUT2D eigenvalue weighted by molar-refractivity contribution is 7.89.